The van der Waals surface area contributed by atoms with Gasteiger partial charge in [-0.25, -0.2) is 13.1 Å². The van der Waals surface area contributed by atoms with Gasteiger partial charge >= 0.3 is 0 Å². The van der Waals surface area contributed by atoms with Crippen LogP contribution in [0, 0.1) is 0 Å². The third-order valence-electron chi connectivity index (χ3n) is 3.42. The molecule has 2 N–H and O–H groups in total. The number of rotatable bonds is 6. The number of piperazine rings is 1. The minimum Gasteiger partial charge on any atom is -0.339 e. The van der Waals surface area contributed by atoms with Crippen LogP contribution in [0.3, 0.4) is 0 Å². The van der Waals surface area contributed by atoms with Crippen LogP contribution in [0.25, 0.3) is 0 Å². The number of sulfonamides is 1. The molecule has 1 aliphatic rings. The largest absolute Gasteiger partial charge is 0.339 e. The topological polar surface area (TPSA) is 78.5 Å². The quantitative estimate of drug-likeness (QED) is 0.748. The number of aryl methyl sites for hydroxylation is 1. The number of benzene rings is 1. The fourth-order valence-electron chi connectivity index (χ4n) is 2.17. The highest BCUT2D eigenvalue weighted by molar-refractivity contribution is 7.89. The summed E-state index contributed by atoms with van der Waals surface area (Å²) in [6, 6.07) is 9.43. The first-order valence-corrected chi connectivity index (χ1v) is 8.72. The average Bonchev–Trinajstić information content (AvgIpc) is 2.53. The van der Waals surface area contributed by atoms with Crippen LogP contribution in [-0.4, -0.2) is 57.7 Å². The van der Waals surface area contributed by atoms with Gasteiger partial charge in [0.1, 0.15) is 0 Å². The second-order valence-electron chi connectivity index (χ2n) is 5.01. The van der Waals surface area contributed by atoms with Crippen molar-refractivity contribution in [1.82, 2.24) is 14.9 Å². The van der Waals surface area contributed by atoms with Crippen LogP contribution in [0.4, 0.5) is 0 Å². The van der Waals surface area contributed by atoms with Crippen LogP contribution in [0.1, 0.15) is 5.56 Å². The Bertz CT molecular complexity index is 554. The molecule has 0 unspecified atom stereocenters. The molecule has 2 rings (SSSR count). The Morgan fingerprint density at radius 1 is 1.19 bits per heavy atom. The summed E-state index contributed by atoms with van der Waals surface area (Å²) in [7, 11) is -3.43. The number of nitrogens with zero attached hydrogens (tertiary/aromatic N) is 1. The maximum Gasteiger partial charge on any atom is 0.237 e. The van der Waals surface area contributed by atoms with Crippen LogP contribution in [0.15, 0.2) is 30.3 Å². The van der Waals surface area contributed by atoms with Gasteiger partial charge in [-0.2, -0.15) is 0 Å². The van der Waals surface area contributed by atoms with E-state index in [9.17, 15) is 13.2 Å². The summed E-state index contributed by atoms with van der Waals surface area (Å²) in [5, 5.41) is 3.15. The van der Waals surface area contributed by atoms with Gasteiger partial charge < -0.3 is 10.2 Å². The van der Waals surface area contributed by atoms with E-state index in [1.807, 2.05) is 30.3 Å². The number of carbonyl (C=O) groups is 1. The van der Waals surface area contributed by atoms with E-state index >= 15 is 0 Å². The van der Waals surface area contributed by atoms with Crippen molar-refractivity contribution in [2.24, 2.45) is 0 Å². The fourth-order valence-corrected chi connectivity index (χ4v) is 3.16. The van der Waals surface area contributed by atoms with Gasteiger partial charge in [0.2, 0.25) is 15.9 Å². The summed E-state index contributed by atoms with van der Waals surface area (Å²) in [6.07, 6.45) is 0.442. The zero-order valence-corrected chi connectivity index (χ0v) is 12.7. The van der Waals surface area contributed by atoms with Crippen LogP contribution >= 0.6 is 0 Å². The van der Waals surface area contributed by atoms with Gasteiger partial charge in [0.15, 0.2) is 0 Å². The molecule has 7 heteroatoms. The minimum atomic E-state index is -3.43. The van der Waals surface area contributed by atoms with Crippen LogP contribution in [0.2, 0.25) is 0 Å². The summed E-state index contributed by atoms with van der Waals surface area (Å²) < 4.78 is 26.2. The number of hydrogen-bond acceptors (Lipinski definition) is 4. The summed E-state index contributed by atoms with van der Waals surface area (Å²) in [4.78, 5) is 13.6. The van der Waals surface area contributed by atoms with Crippen LogP contribution in [-0.2, 0) is 21.2 Å². The minimum absolute atomic E-state index is 0.00809. The molecule has 1 saturated heterocycles. The highest BCUT2D eigenvalue weighted by Crippen LogP contribution is 2.01. The van der Waals surface area contributed by atoms with Gasteiger partial charge in [-0.3, -0.25) is 4.79 Å². The lowest BCUT2D eigenvalue weighted by Crippen LogP contribution is -2.49. The molecule has 1 aromatic carbocycles. The van der Waals surface area contributed by atoms with E-state index in [4.69, 9.17) is 0 Å². The number of nitrogens with one attached hydrogen (secondary N) is 2. The second-order valence-corrected chi connectivity index (χ2v) is 6.93. The Morgan fingerprint density at radius 3 is 2.52 bits per heavy atom. The van der Waals surface area contributed by atoms with Crippen molar-refractivity contribution < 1.29 is 13.2 Å². The predicted octanol–water partition coefficient (Wildman–Crippen LogP) is -0.420. The standard InChI is InChI=1S/C14H21N3O3S/c18-14(17-9-7-15-8-10-17)12-16-21(19,20)11-6-13-4-2-1-3-5-13/h1-5,15-16H,6-12H2. The zero-order valence-electron chi connectivity index (χ0n) is 11.9. The van der Waals surface area contributed by atoms with Crippen molar-refractivity contribution >= 4 is 15.9 Å². The lowest BCUT2D eigenvalue weighted by molar-refractivity contribution is -0.130. The van der Waals surface area contributed by atoms with E-state index in [0.29, 0.717) is 19.5 Å². The number of carbonyl (C=O) groups excluding carboxylic acids is 1. The molecule has 0 bridgehead atoms. The Balaban J connectivity index is 1.77. The van der Waals surface area contributed by atoms with E-state index < -0.39 is 10.0 Å². The maximum atomic E-state index is 11.9. The molecule has 0 atom stereocenters. The molecule has 0 aromatic heterocycles. The van der Waals surface area contributed by atoms with Crippen molar-refractivity contribution in [2.75, 3.05) is 38.5 Å². The van der Waals surface area contributed by atoms with Crippen molar-refractivity contribution in [3.8, 4) is 0 Å². The molecule has 1 amide bonds. The monoisotopic (exact) mass is 311 g/mol. The molecular weight excluding hydrogens is 290 g/mol. The molecule has 116 valence electrons. The van der Waals surface area contributed by atoms with Gasteiger partial charge in [0.05, 0.1) is 12.3 Å². The first-order chi connectivity index (χ1) is 10.1. The van der Waals surface area contributed by atoms with Gasteiger partial charge in [-0.05, 0) is 12.0 Å². The maximum absolute atomic E-state index is 11.9. The zero-order chi connectivity index (χ0) is 15.1. The van der Waals surface area contributed by atoms with Gasteiger partial charge in [0, 0.05) is 26.2 Å². The van der Waals surface area contributed by atoms with E-state index in [-0.39, 0.29) is 18.2 Å². The fraction of sp³-hybridized carbons (Fsp3) is 0.500. The molecule has 1 heterocycles. The highest BCUT2D eigenvalue weighted by Gasteiger charge is 2.18. The Kier molecular flexibility index (Phi) is 5.72. The Morgan fingerprint density at radius 2 is 1.86 bits per heavy atom. The van der Waals surface area contributed by atoms with Crippen molar-refractivity contribution in [1.29, 1.82) is 0 Å². The molecule has 6 nitrogen and oxygen atoms in total. The molecule has 0 saturated carbocycles. The average molecular weight is 311 g/mol. The molecule has 1 aromatic rings. The smallest absolute Gasteiger partial charge is 0.237 e. The normalized spacial score (nSPS) is 15.9. The highest BCUT2D eigenvalue weighted by atomic mass is 32.2. The number of hydrogen-bond donors (Lipinski definition) is 2. The SMILES string of the molecule is O=C(CNS(=O)(=O)CCc1ccccc1)N1CCNCC1. The van der Waals surface area contributed by atoms with E-state index in [2.05, 4.69) is 10.0 Å². The van der Waals surface area contributed by atoms with Crippen LogP contribution in [0.5, 0.6) is 0 Å². The molecule has 1 fully saturated rings. The summed E-state index contributed by atoms with van der Waals surface area (Å²) in [5.41, 5.74) is 0.969. The lowest BCUT2D eigenvalue weighted by atomic mass is 10.2. The molecule has 0 spiro atoms. The van der Waals surface area contributed by atoms with E-state index in [0.717, 1.165) is 18.7 Å². The summed E-state index contributed by atoms with van der Waals surface area (Å²) >= 11 is 0. The first-order valence-electron chi connectivity index (χ1n) is 7.06. The third kappa shape index (κ3) is 5.45. The van der Waals surface area contributed by atoms with Crippen molar-refractivity contribution in [3.63, 3.8) is 0 Å². The molecule has 0 radical (unpaired) electrons. The molecular formula is C14H21N3O3S. The van der Waals surface area contributed by atoms with E-state index in [1.165, 1.54) is 0 Å². The van der Waals surface area contributed by atoms with Crippen molar-refractivity contribution in [3.05, 3.63) is 35.9 Å². The lowest BCUT2D eigenvalue weighted by Gasteiger charge is -2.27. The molecule has 21 heavy (non-hydrogen) atoms. The van der Waals surface area contributed by atoms with Crippen molar-refractivity contribution in [2.45, 2.75) is 6.42 Å². The molecule has 1 aliphatic heterocycles. The summed E-state index contributed by atoms with van der Waals surface area (Å²) in [5.74, 6) is -0.175. The molecule has 0 aliphatic carbocycles. The summed E-state index contributed by atoms with van der Waals surface area (Å²) in [6.45, 7) is 2.62. The first kappa shape index (κ1) is 15.9. The van der Waals surface area contributed by atoms with Gasteiger partial charge in [-0.1, -0.05) is 30.3 Å². The van der Waals surface area contributed by atoms with Gasteiger partial charge in [-0.15, -0.1) is 0 Å². The van der Waals surface area contributed by atoms with Crippen LogP contribution < -0.4 is 10.0 Å². The predicted molar refractivity (Wildman–Crippen MR) is 81.4 cm³/mol. The second kappa shape index (κ2) is 7.53. The number of amides is 1. The third-order valence-corrected chi connectivity index (χ3v) is 4.74. The van der Waals surface area contributed by atoms with Gasteiger partial charge in [0.25, 0.3) is 0 Å². The van der Waals surface area contributed by atoms with E-state index in [1.54, 1.807) is 4.90 Å². The Hall–Kier alpha value is -1.44. The Labute approximate surface area is 125 Å².